The summed E-state index contributed by atoms with van der Waals surface area (Å²) in [4.78, 5) is 10.9. The SMILES string of the molecule is CCCCCC(NS(=O)(=O)c1ccc(Cl)cc1)c1ccc(CCC(=O)O)cc1. The van der Waals surface area contributed by atoms with Gasteiger partial charge in [-0.1, -0.05) is 62.1 Å². The Balaban J connectivity index is 2.18. The Labute approximate surface area is 171 Å². The molecular formula is C21H26ClNO4S. The van der Waals surface area contributed by atoms with E-state index < -0.39 is 16.0 Å². The molecule has 2 aromatic rings. The fourth-order valence-corrected chi connectivity index (χ4v) is 4.31. The van der Waals surface area contributed by atoms with Crippen molar-refractivity contribution >= 4 is 27.6 Å². The number of carboxylic acid groups (broad SMARTS) is 1. The molecule has 2 rings (SSSR count). The van der Waals surface area contributed by atoms with Gasteiger partial charge in [-0.25, -0.2) is 13.1 Å². The Bertz CT molecular complexity index is 864. The summed E-state index contributed by atoms with van der Waals surface area (Å²) < 4.78 is 28.4. The lowest BCUT2D eigenvalue weighted by atomic mass is 9.99. The number of benzene rings is 2. The Morgan fingerprint density at radius 3 is 2.29 bits per heavy atom. The molecule has 28 heavy (non-hydrogen) atoms. The van der Waals surface area contributed by atoms with E-state index in [2.05, 4.69) is 11.6 Å². The van der Waals surface area contributed by atoms with E-state index in [4.69, 9.17) is 16.7 Å². The third-order valence-corrected chi connectivity index (χ3v) is 6.27. The molecule has 0 fully saturated rings. The van der Waals surface area contributed by atoms with Crippen LogP contribution in [0.25, 0.3) is 0 Å². The third kappa shape index (κ3) is 6.93. The molecule has 5 nitrogen and oxygen atoms in total. The van der Waals surface area contributed by atoms with Crippen LogP contribution in [0.1, 0.15) is 56.2 Å². The van der Waals surface area contributed by atoms with Gasteiger partial charge in [0, 0.05) is 17.5 Å². The molecule has 0 aliphatic rings. The zero-order chi connectivity index (χ0) is 20.6. The zero-order valence-corrected chi connectivity index (χ0v) is 17.5. The lowest BCUT2D eigenvalue weighted by molar-refractivity contribution is -0.136. The first-order valence-corrected chi connectivity index (χ1v) is 11.3. The summed E-state index contributed by atoms with van der Waals surface area (Å²) in [5.74, 6) is -0.836. The van der Waals surface area contributed by atoms with Crippen LogP contribution >= 0.6 is 11.6 Å². The average Bonchev–Trinajstić information content (AvgIpc) is 2.66. The number of aryl methyl sites for hydroxylation is 1. The van der Waals surface area contributed by atoms with E-state index in [-0.39, 0.29) is 17.4 Å². The van der Waals surface area contributed by atoms with Crippen LogP contribution in [0.15, 0.2) is 53.4 Å². The van der Waals surface area contributed by atoms with Gasteiger partial charge in [0.1, 0.15) is 0 Å². The standard InChI is InChI=1S/C21H26ClNO4S/c1-2-3-4-5-20(17-9-6-16(7-10-17)8-15-21(24)25)23-28(26,27)19-13-11-18(22)12-14-19/h6-7,9-14,20,23H,2-5,8,15H2,1H3,(H,24,25). The second-order valence-corrected chi connectivity index (χ2v) is 8.91. The van der Waals surface area contributed by atoms with Crippen LogP contribution in [0.5, 0.6) is 0 Å². The molecule has 0 aromatic heterocycles. The number of hydrogen-bond donors (Lipinski definition) is 2. The van der Waals surface area contributed by atoms with E-state index in [9.17, 15) is 13.2 Å². The summed E-state index contributed by atoms with van der Waals surface area (Å²) in [7, 11) is -3.68. The summed E-state index contributed by atoms with van der Waals surface area (Å²) in [5.41, 5.74) is 1.78. The highest BCUT2D eigenvalue weighted by atomic mass is 35.5. The largest absolute Gasteiger partial charge is 0.481 e. The maximum Gasteiger partial charge on any atom is 0.303 e. The molecule has 1 unspecified atom stereocenters. The van der Waals surface area contributed by atoms with Crippen molar-refractivity contribution in [1.82, 2.24) is 4.72 Å². The number of hydrogen-bond acceptors (Lipinski definition) is 3. The normalized spacial score (nSPS) is 12.6. The molecule has 0 spiro atoms. The Morgan fingerprint density at radius 1 is 1.07 bits per heavy atom. The number of aliphatic carboxylic acids is 1. The maximum atomic E-state index is 12.8. The van der Waals surface area contributed by atoms with E-state index >= 15 is 0 Å². The van der Waals surface area contributed by atoms with E-state index in [1.54, 1.807) is 12.1 Å². The second-order valence-electron chi connectivity index (χ2n) is 6.76. The van der Waals surface area contributed by atoms with Crippen molar-refractivity contribution in [2.45, 2.75) is 56.4 Å². The highest BCUT2D eigenvalue weighted by Gasteiger charge is 2.21. The predicted octanol–water partition coefficient (Wildman–Crippen LogP) is 4.96. The molecule has 0 saturated carbocycles. The first-order valence-electron chi connectivity index (χ1n) is 9.40. The number of nitrogens with one attached hydrogen (secondary N) is 1. The summed E-state index contributed by atoms with van der Waals surface area (Å²) in [6.07, 6.45) is 4.19. The second kappa shape index (κ2) is 10.6. The van der Waals surface area contributed by atoms with Crippen LogP contribution in [0.2, 0.25) is 5.02 Å². The van der Waals surface area contributed by atoms with Gasteiger partial charge in [0.15, 0.2) is 0 Å². The fourth-order valence-electron chi connectivity index (χ4n) is 2.93. The summed E-state index contributed by atoms with van der Waals surface area (Å²) in [6, 6.07) is 13.2. The smallest absolute Gasteiger partial charge is 0.303 e. The van der Waals surface area contributed by atoms with Crippen LogP contribution in [-0.2, 0) is 21.2 Å². The number of rotatable bonds is 11. The van der Waals surface area contributed by atoms with Gasteiger partial charge in [0.25, 0.3) is 0 Å². The summed E-state index contributed by atoms with van der Waals surface area (Å²) in [5, 5.41) is 9.29. The zero-order valence-electron chi connectivity index (χ0n) is 15.9. The molecule has 2 aromatic carbocycles. The molecule has 0 amide bonds. The van der Waals surface area contributed by atoms with Gasteiger partial charge in [0.05, 0.1) is 4.90 Å². The lowest BCUT2D eigenvalue weighted by Gasteiger charge is -2.20. The number of halogens is 1. The number of carbonyl (C=O) groups is 1. The topological polar surface area (TPSA) is 83.5 Å². The molecule has 0 radical (unpaired) electrons. The highest BCUT2D eigenvalue weighted by molar-refractivity contribution is 7.89. The van der Waals surface area contributed by atoms with Crippen molar-refractivity contribution in [3.05, 3.63) is 64.7 Å². The quantitative estimate of drug-likeness (QED) is 0.500. The minimum absolute atomic E-state index is 0.0719. The van der Waals surface area contributed by atoms with Gasteiger partial charge in [-0.15, -0.1) is 0 Å². The molecule has 1 atom stereocenters. The molecule has 0 aliphatic carbocycles. The van der Waals surface area contributed by atoms with E-state index in [0.717, 1.165) is 30.4 Å². The Hall–Kier alpha value is -1.89. The van der Waals surface area contributed by atoms with Gasteiger partial charge in [0.2, 0.25) is 10.0 Å². The number of carboxylic acids is 1. The van der Waals surface area contributed by atoms with Crippen LogP contribution in [0.3, 0.4) is 0 Å². The van der Waals surface area contributed by atoms with Gasteiger partial charge in [-0.3, -0.25) is 4.79 Å². The Kier molecular flexibility index (Phi) is 8.48. The fraction of sp³-hybridized carbons (Fsp3) is 0.381. The summed E-state index contributed by atoms with van der Waals surface area (Å²) >= 11 is 5.86. The maximum absolute atomic E-state index is 12.8. The molecule has 0 bridgehead atoms. The van der Waals surface area contributed by atoms with E-state index in [0.29, 0.717) is 17.9 Å². The first-order chi connectivity index (χ1) is 13.3. The lowest BCUT2D eigenvalue weighted by Crippen LogP contribution is -2.28. The highest BCUT2D eigenvalue weighted by Crippen LogP contribution is 2.24. The molecule has 0 heterocycles. The van der Waals surface area contributed by atoms with E-state index in [1.165, 1.54) is 12.1 Å². The molecule has 2 N–H and O–H groups in total. The molecule has 7 heteroatoms. The monoisotopic (exact) mass is 423 g/mol. The molecule has 0 saturated heterocycles. The van der Waals surface area contributed by atoms with Gasteiger partial charge >= 0.3 is 5.97 Å². The van der Waals surface area contributed by atoms with Crippen LogP contribution < -0.4 is 4.72 Å². The van der Waals surface area contributed by atoms with Crippen LogP contribution in [-0.4, -0.2) is 19.5 Å². The molecular weight excluding hydrogens is 398 g/mol. The number of sulfonamides is 1. The molecule has 0 aliphatic heterocycles. The summed E-state index contributed by atoms with van der Waals surface area (Å²) in [6.45, 7) is 2.10. The van der Waals surface area contributed by atoms with Crippen molar-refractivity contribution < 1.29 is 18.3 Å². The minimum atomic E-state index is -3.68. The van der Waals surface area contributed by atoms with Crippen LogP contribution in [0, 0.1) is 0 Å². The first kappa shape index (κ1) is 22.4. The van der Waals surface area contributed by atoms with Gasteiger partial charge < -0.3 is 5.11 Å². The van der Waals surface area contributed by atoms with E-state index in [1.807, 2.05) is 24.3 Å². The molecule has 152 valence electrons. The van der Waals surface area contributed by atoms with Gasteiger partial charge in [-0.2, -0.15) is 0 Å². The van der Waals surface area contributed by atoms with Crippen molar-refractivity contribution in [3.8, 4) is 0 Å². The van der Waals surface area contributed by atoms with Gasteiger partial charge in [-0.05, 0) is 48.2 Å². The van der Waals surface area contributed by atoms with Crippen molar-refractivity contribution in [2.75, 3.05) is 0 Å². The van der Waals surface area contributed by atoms with Crippen molar-refractivity contribution in [3.63, 3.8) is 0 Å². The number of unbranched alkanes of at least 4 members (excludes halogenated alkanes) is 2. The van der Waals surface area contributed by atoms with Crippen molar-refractivity contribution in [1.29, 1.82) is 0 Å². The van der Waals surface area contributed by atoms with Crippen LogP contribution in [0.4, 0.5) is 0 Å². The average molecular weight is 424 g/mol. The Morgan fingerprint density at radius 2 is 1.71 bits per heavy atom. The minimum Gasteiger partial charge on any atom is -0.481 e. The predicted molar refractivity (Wildman–Crippen MR) is 111 cm³/mol. The van der Waals surface area contributed by atoms with Crippen molar-refractivity contribution in [2.24, 2.45) is 0 Å². The third-order valence-electron chi connectivity index (χ3n) is 4.53.